The molecule has 0 radical (unpaired) electrons. The van der Waals surface area contributed by atoms with Crippen LogP contribution < -0.4 is 5.32 Å². The van der Waals surface area contributed by atoms with E-state index in [0.29, 0.717) is 31.9 Å². The summed E-state index contributed by atoms with van der Waals surface area (Å²) in [6.07, 6.45) is 0. The normalized spacial score (nSPS) is 16.9. The lowest BCUT2D eigenvalue weighted by Gasteiger charge is -2.29. The zero-order chi connectivity index (χ0) is 14.7. The van der Waals surface area contributed by atoms with Crippen molar-refractivity contribution in [3.63, 3.8) is 0 Å². The Kier molecular flexibility index (Phi) is 4.77. The first kappa shape index (κ1) is 15.0. The Bertz CT molecular complexity index is 507. The second-order valence-electron chi connectivity index (χ2n) is 4.96. The first-order chi connectivity index (χ1) is 9.49. The van der Waals surface area contributed by atoms with Crippen LogP contribution in [-0.2, 0) is 9.53 Å². The van der Waals surface area contributed by atoms with E-state index in [0.717, 1.165) is 9.75 Å². The van der Waals surface area contributed by atoms with Crippen molar-refractivity contribution in [3.8, 4) is 0 Å². The van der Waals surface area contributed by atoms with Crippen LogP contribution in [0.5, 0.6) is 0 Å². The first-order valence-corrected chi connectivity index (χ1v) is 7.55. The van der Waals surface area contributed by atoms with E-state index < -0.39 is 6.04 Å². The van der Waals surface area contributed by atoms with Gasteiger partial charge in [0.2, 0.25) is 5.91 Å². The standard InChI is InChI=1S/C14H20N2O3S/c1-9-8-12(11(3)20-9)13(17)15-10(2)14(18)16-4-6-19-7-5-16/h8,10H,4-7H2,1-3H3,(H,15,17)/t10-/m1/s1. The van der Waals surface area contributed by atoms with E-state index in [9.17, 15) is 9.59 Å². The van der Waals surface area contributed by atoms with E-state index in [1.165, 1.54) is 0 Å². The molecule has 0 saturated carbocycles. The molecule has 1 fully saturated rings. The number of thiophene rings is 1. The third-order valence-corrected chi connectivity index (χ3v) is 4.29. The lowest BCUT2D eigenvalue weighted by molar-refractivity contribution is -0.136. The van der Waals surface area contributed by atoms with Crippen molar-refractivity contribution in [3.05, 3.63) is 21.4 Å². The first-order valence-electron chi connectivity index (χ1n) is 6.73. The number of nitrogens with one attached hydrogen (secondary N) is 1. The molecule has 110 valence electrons. The molecule has 1 aliphatic heterocycles. The Balaban J connectivity index is 1.96. The van der Waals surface area contributed by atoms with Gasteiger partial charge in [-0.15, -0.1) is 11.3 Å². The lowest BCUT2D eigenvalue weighted by Crippen LogP contribution is -2.50. The number of nitrogens with zero attached hydrogens (tertiary/aromatic N) is 1. The Morgan fingerprint density at radius 1 is 1.35 bits per heavy atom. The number of carbonyl (C=O) groups excluding carboxylic acids is 2. The predicted octanol–water partition coefficient (Wildman–Crippen LogP) is 1.34. The highest BCUT2D eigenvalue weighted by atomic mass is 32.1. The summed E-state index contributed by atoms with van der Waals surface area (Å²) in [7, 11) is 0. The van der Waals surface area contributed by atoms with Gasteiger partial charge in [0.05, 0.1) is 18.8 Å². The lowest BCUT2D eigenvalue weighted by atomic mass is 10.2. The molecule has 2 heterocycles. The smallest absolute Gasteiger partial charge is 0.253 e. The van der Waals surface area contributed by atoms with Crippen LogP contribution in [0.1, 0.15) is 27.0 Å². The van der Waals surface area contributed by atoms with Crippen LogP contribution in [0.3, 0.4) is 0 Å². The molecule has 1 N–H and O–H groups in total. The van der Waals surface area contributed by atoms with Gasteiger partial charge >= 0.3 is 0 Å². The third kappa shape index (κ3) is 3.37. The molecule has 1 aromatic heterocycles. The second kappa shape index (κ2) is 6.37. The van der Waals surface area contributed by atoms with Gasteiger partial charge in [-0.2, -0.15) is 0 Å². The molecule has 0 aliphatic carbocycles. The fourth-order valence-electron chi connectivity index (χ4n) is 2.25. The van der Waals surface area contributed by atoms with E-state index in [-0.39, 0.29) is 11.8 Å². The van der Waals surface area contributed by atoms with Gasteiger partial charge in [0.15, 0.2) is 0 Å². The summed E-state index contributed by atoms with van der Waals surface area (Å²) in [6.45, 7) is 7.93. The molecular formula is C14H20N2O3S. The fourth-order valence-corrected chi connectivity index (χ4v) is 3.17. The molecular weight excluding hydrogens is 276 g/mol. The van der Waals surface area contributed by atoms with Crippen molar-refractivity contribution in [1.29, 1.82) is 0 Å². The van der Waals surface area contributed by atoms with E-state index >= 15 is 0 Å². The van der Waals surface area contributed by atoms with Gasteiger partial charge in [0.25, 0.3) is 5.91 Å². The Morgan fingerprint density at radius 3 is 2.55 bits per heavy atom. The number of rotatable bonds is 3. The molecule has 0 unspecified atom stereocenters. The SMILES string of the molecule is Cc1cc(C(=O)N[C@H](C)C(=O)N2CCOCC2)c(C)s1. The van der Waals surface area contributed by atoms with Crippen LogP contribution in [0.15, 0.2) is 6.07 Å². The van der Waals surface area contributed by atoms with Gasteiger partial charge in [0, 0.05) is 22.8 Å². The largest absolute Gasteiger partial charge is 0.378 e. The van der Waals surface area contributed by atoms with Gasteiger partial charge in [-0.25, -0.2) is 0 Å². The summed E-state index contributed by atoms with van der Waals surface area (Å²) >= 11 is 1.59. The van der Waals surface area contributed by atoms with Crippen LogP contribution in [-0.4, -0.2) is 49.1 Å². The van der Waals surface area contributed by atoms with Crippen LogP contribution in [0.25, 0.3) is 0 Å². The number of morpholine rings is 1. The van der Waals surface area contributed by atoms with Crippen molar-refractivity contribution in [2.75, 3.05) is 26.3 Å². The number of amides is 2. The van der Waals surface area contributed by atoms with E-state index in [1.54, 1.807) is 23.2 Å². The average Bonchev–Trinajstić information content (AvgIpc) is 2.78. The average molecular weight is 296 g/mol. The minimum absolute atomic E-state index is 0.0498. The van der Waals surface area contributed by atoms with Crippen LogP contribution in [0, 0.1) is 13.8 Å². The Morgan fingerprint density at radius 2 is 2.00 bits per heavy atom. The molecule has 0 bridgehead atoms. The summed E-state index contributed by atoms with van der Waals surface area (Å²) < 4.78 is 5.22. The van der Waals surface area contributed by atoms with Crippen molar-refractivity contribution >= 4 is 23.2 Å². The van der Waals surface area contributed by atoms with Gasteiger partial charge in [-0.3, -0.25) is 9.59 Å². The molecule has 1 atom stereocenters. The molecule has 6 heteroatoms. The highest BCUT2D eigenvalue weighted by Crippen LogP contribution is 2.20. The Labute approximate surface area is 122 Å². The maximum Gasteiger partial charge on any atom is 0.253 e. The molecule has 1 aliphatic rings. The van der Waals surface area contributed by atoms with Crippen LogP contribution in [0.4, 0.5) is 0 Å². The van der Waals surface area contributed by atoms with Crippen molar-refractivity contribution in [2.24, 2.45) is 0 Å². The summed E-state index contributed by atoms with van der Waals surface area (Å²) in [5.74, 6) is -0.229. The number of ether oxygens (including phenoxy) is 1. The third-order valence-electron chi connectivity index (χ3n) is 3.33. The van der Waals surface area contributed by atoms with E-state index in [2.05, 4.69) is 5.32 Å². The minimum Gasteiger partial charge on any atom is -0.378 e. The summed E-state index contributed by atoms with van der Waals surface area (Å²) in [5, 5.41) is 2.78. The topological polar surface area (TPSA) is 58.6 Å². The number of carbonyl (C=O) groups is 2. The Hall–Kier alpha value is -1.40. The summed E-state index contributed by atoms with van der Waals surface area (Å²) in [6, 6.07) is 1.35. The molecule has 2 rings (SSSR count). The van der Waals surface area contributed by atoms with E-state index in [1.807, 2.05) is 19.9 Å². The maximum atomic E-state index is 12.2. The zero-order valence-corrected chi connectivity index (χ0v) is 12.9. The second-order valence-corrected chi connectivity index (χ2v) is 6.42. The quantitative estimate of drug-likeness (QED) is 0.916. The molecule has 20 heavy (non-hydrogen) atoms. The fraction of sp³-hybridized carbons (Fsp3) is 0.571. The van der Waals surface area contributed by atoms with Gasteiger partial charge in [-0.05, 0) is 26.8 Å². The summed E-state index contributed by atoms with van der Waals surface area (Å²) in [4.78, 5) is 28.2. The molecule has 2 amide bonds. The number of hydrogen-bond donors (Lipinski definition) is 1. The maximum absolute atomic E-state index is 12.2. The number of hydrogen-bond acceptors (Lipinski definition) is 4. The zero-order valence-electron chi connectivity index (χ0n) is 12.1. The molecule has 1 saturated heterocycles. The summed E-state index contributed by atoms with van der Waals surface area (Å²) in [5.41, 5.74) is 0.661. The van der Waals surface area contributed by atoms with Crippen LogP contribution in [0.2, 0.25) is 0 Å². The van der Waals surface area contributed by atoms with Crippen LogP contribution >= 0.6 is 11.3 Å². The van der Waals surface area contributed by atoms with Gasteiger partial charge in [0.1, 0.15) is 6.04 Å². The van der Waals surface area contributed by atoms with Gasteiger partial charge < -0.3 is 15.0 Å². The predicted molar refractivity (Wildman–Crippen MR) is 78.1 cm³/mol. The van der Waals surface area contributed by atoms with Gasteiger partial charge in [-0.1, -0.05) is 0 Å². The number of aryl methyl sites for hydroxylation is 2. The van der Waals surface area contributed by atoms with Crippen molar-refractivity contribution in [2.45, 2.75) is 26.8 Å². The van der Waals surface area contributed by atoms with Crippen molar-refractivity contribution < 1.29 is 14.3 Å². The monoisotopic (exact) mass is 296 g/mol. The molecule has 0 aromatic carbocycles. The molecule has 5 nitrogen and oxygen atoms in total. The van der Waals surface area contributed by atoms with E-state index in [4.69, 9.17) is 4.74 Å². The van der Waals surface area contributed by atoms with Crippen molar-refractivity contribution in [1.82, 2.24) is 10.2 Å². The highest BCUT2D eigenvalue weighted by molar-refractivity contribution is 7.12. The minimum atomic E-state index is -0.514. The molecule has 1 aromatic rings. The molecule has 0 spiro atoms. The highest BCUT2D eigenvalue weighted by Gasteiger charge is 2.24.